The highest BCUT2D eigenvalue weighted by atomic mass is 16.5. The van der Waals surface area contributed by atoms with Gasteiger partial charge in [0, 0.05) is 29.6 Å². The summed E-state index contributed by atoms with van der Waals surface area (Å²) < 4.78 is 10.4. The predicted octanol–water partition coefficient (Wildman–Crippen LogP) is 4.86. The maximum absolute atomic E-state index is 12.3. The van der Waals surface area contributed by atoms with E-state index in [4.69, 9.17) is 9.47 Å². The van der Waals surface area contributed by atoms with Crippen LogP contribution in [-0.4, -0.2) is 20.3 Å². The Morgan fingerprint density at radius 3 is 2.25 bits per heavy atom. The molecular weight excluding hydrogens is 304 g/mol. The van der Waals surface area contributed by atoms with E-state index in [2.05, 4.69) is 24.5 Å². The third kappa shape index (κ3) is 4.41. The van der Waals surface area contributed by atoms with Crippen LogP contribution in [0.5, 0.6) is 11.5 Å². The molecule has 0 aliphatic carbocycles. The summed E-state index contributed by atoms with van der Waals surface area (Å²) in [5, 5.41) is 5.73. The van der Waals surface area contributed by atoms with Crippen molar-refractivity contribution in [3.63, 3.8) is 0 Å². The molecule has 2 aromatic rings. The standard InChI is InChI=1S/C19H24N2O3/c1-5-13(2)17-8-6-7-9-18(17)21-19(22)20-14-10-15(23-3)12-16(11-14)24-4/h6-13H,5H2,1-4H3,(H2,20,21,22). The molecule has 0 aliphatic rings. The molecule has 24 heavy (non-hydrogen) atoms. The zero-order chi connectivity index (χ0) is 17.5. The summed E-state index contributed by atoms with van der Waals surface area (Å²) in [6.07, 6.45) is 1.01. The van der Waals surface area contributed by atoms with Crippen molar-refractivity contribution in [2.45, 2.75) is 26.2 Å². The zero-order valence-electron chi connectivity index (χ0n) is 14.6. The molecule has 128 valence electrons. The normalized spacial score (nSPS) is 11.5. The van der Waals surface area contributed by atoms with Crippen LogP contribution in [0.3, 0.4) is 0 Å². The average Bonchev–Trinajstić information content (AvgIpc) is 2.60. The second kappa shape index (κ2) is 8.24. The molecule has 0 aromatic heterocycles. The highest BCUT2D eigenvalue weighted by Gasteiger charge is 2.11. The Kier molecular flexibility index (Phi) is 6.07. The number of methoxy groups -OCH3 is 2. The van der Waals surface area contributed by atoms with Crippen LogP contribution >= 0.6 is 0 Å². The smallest absolute Gasteiger partial charge is 0.323 e. The molecule has 0 radical (unpaired) electrons. The van der Waals surface area contributed by atoms with Crippen LogP contribution in [0.25, 0.3) is 0 Å². The lowest BCUT2D eigenvalue weighted by atomic mass is 9.97. The van der Waals surface area contributed by atoms with E-state index >= 15 is 0 Å². The molecule has 0 heterocycles. The molecule has 0 aliphatic heterocycles. The summed E-state index contributed by atoms with van der Waals surface area (Å²) in [4.78, 5) is 12.3. The molecule has 5 heteroatoms. The molecule has 2 amide bonds. The average molecular weight is 328 g/mol. The number of urea groups is 1. The highest BCUT2D eigenvalue weighted by Crippen LogP contribution is 2.28. The number of ether oxygens (including phenoxy) is 2. The molecule has 0 saturated heterocycles. The molecule has 0 fully saturated rings. The minimum absolute atomic E-state index is 0.305. The first-order chi connectivity index (χ1) is 11.6. The number of anilines is 2. The van der Waals surface area contributed by atoms with Crippen molar-refractivity contribution in [3.8, 4) is 11.5 Å². The van der Waals surface area contributed by atoms with Crippen LogP contribution in [0.2, 0.25) is 0 Å². The molecule has 0 saturated carbocycles. The molecule has 2 rings (SSSR count). The van der Waals surface area contributed by atoms with Gasteiger partial charge in [0.05, 0.1) is 14.2 Å². The maximum Gasteiger partial charge on any atom is 0.323 e. The van der Waals surface area contributed by atoms with E-state index in [1.807, 2.05) is 24.3 Å². The van der Waals surface area contributed by atoms with Crippen LogP contribution in [0.4, 0.5) is 16.2 Å². The van der Waals surface area contributed by atoms with Gasteiger partial charge in [-0.1, -0.05) is 32.0 Å². The number of benzene rings is 2. The minimum Gasteiger partial charge on any atom is -0.497 e. The van der Waals surface area contributed by atoms with Crippen molar-refractivity contribution >= 4 is 17.4 Å². The molecule has 5 nitrogen and oxygen atoms in total. The summed E-state index contributed by atoms with van der Waals surface area (Å²) >= 11 is 0. The summed E-state index contributed by atoms with van der Waals surface area (Å²) in [5.74, 6) is 1.60. The monoisotopic (exact) mass is 328 g/mol. The van der Waals surface area contributed by atoms with Gasteiger partial charge in [0.1, 0.15) is 11.5 Å². The molecule has 0 bridgehead atoms. The van der Waals surface area contributed by atoms with Gasteiger partial charge in [-0.25, -0.2) is 4.79 Å². The number of carbonyl (C=O) groups is 1. The fourth-order valence-electron chi connectivity index (χ4n) is 2.42. The number of nitrogens with one attached hydrogen (secondary N) is 2. The van der Waals surface area contributed by atoms with Gasteiger partial charge in [0.15, 0.2) is 0 Å². The highest BCUT2D eigenvalue weighted by molar-refractivity contribution is 6.00. The lowest BCUT2D eigenvalue weighted by Gasteiger charge is -2.16. The second-order valence-electron chi connectivity index (χ2n) is 5.58. The van der Waals surface area contributed by atoms with Gasteiger partial charge in [0.25, 0.3) is 0 Å². The Labute approximate surface area is 143 Å². The van der Waals surface area contributed by atoms with Crippen LogP contribution in [0.15, 0.2) is 42.5 Å². The van der Waals surface area contributed by atoms with Gasteiger partial charge in [-0.05, 0) is 24.0 Å². The van der Waals surface area contributed by atoms with Crippen molar-refractivity contribution in [3.05, 3.63) is 48.0 Å². The summed E-state index contributed by atoms with van der Waals surface area (Å²) in [5.41, 5.74) is 2.54. The van der Waals surface area contributed by atoms with E-state index in [9.17, 15) is 4.79 Å². The van der Waals surface area contributed by atoms with Crippen molar-refractivity contribution in [1.29, 1.82) is 0 Å². The van der Waals surface area contributed by atoms with E-state index in [1.165, 1.54) is 0 Å². The van der Waals surface area contributed by atoms with E-state index in [1.54, 1.807) is 32.4 Å². The summed E-state index contributed by atoms with van der Waals surface area (Å²) in [6, 6.07) is 12.8. The SMILES string of the molecule is CCC(C)c1ccccc1NC(=O)Nc1cc(OC)cc(OC)c1. The maximum atomic E-state index is 12.3. The van der Waals surface area contributed by atoms with Crippen molar-refractivity contribution in [1.82, 2.24) is 0 Å². The molecule has 2 aromatic carbocycles. The van der Waals surface area contributed by atoms with E-state index in [0.29, 0.717) is 23.1 Å². The molecule has 0 spiro atoms. The number of hydrogen-bond acceptors (Lipinski definition) is 3. The first-order valence-corrected chi connectivity index (χ1v) is 7.97. The Bertz CT molecular complexity index is 679. The van der Waals surface area contributed by atoms with Crippen LogP contribution in [0, 0.1) is 0 Å². The minimum atomic E-state index is -0.305. The largest absolute Gasteiger partial charge is 0.497 e. The van der Waals surface area contributed by atoms with Crippen LogP contribution in [-0.2, 0) is 0 Å². The van der Waals surface area contributed by atoms with Gasteiger partial charge in [-0.15, -0.1) is 0 Å². The van der Waals surface area contributed by atoms with Crippen LogP contribution in [0.1, 0.15) is 31.7 Å². The van der Waals surface area contributed by atoms with Gasteiger partial charge in [0.2, 0.25) is 0 Å². The number of amides is 2. The lowest BCUT2D eigenvalue weighted by molar-refractivity contribution is 0.262. The van der Waals surface area contributed by atoms with E-state index in [0.717, 1.165) is 17.7 Å². The van der Waals surface area contributed by atoms with Gasteiger partial charge in [-0.3, -0.25) is 0 Å². The lowest BCUT2D eigenvalue weighted by Crippen LogP contribution is -2.20. The number of rotatable bonds is 6. The molecular formula is C19H24N2O3. The third-order valence-electron chi connectivity index (χ3n) is 3.96. The van der Waals surface area contributed by atoms with Crippen molar-refractivity contribution in [2.75, 3.05) is 24.9 Å². The number of para-hydroxylation sites is 1. The molecule has 1 atom stereocenters. The Morgan fingerprint density at radius 2 is 1.67 bits per heavy atom. The predicted molar refractivity (Wildman–Crippen MR) is 97.3 cm³/mol. The summed E-state index contributed by atoms with van der Waals surface area (Å²) in [6.45, 7) is 4.27. The van der Waals surface area contributed by atoms with Crippen molar-refractivity contribution in [2.24, 2.45) is 0 Å². The Hall–Kier alpha value is -2.69. The molecule has 2 N–H and O–H groups in total. The van der Waals surface area contributed by atoms with E-state index < -0.39 is 0 Å². The first kappa shape index (κ1) is 17.7. The quantitative estimate of drug-likeness (QED) is 0.796. The van der Waals surface area contributed by atoms with Crippen LogP contribution < -0.4 is 20.1 Å². The summed E-state index contributed by atoms with van der Waals surface area (Å²) in [7, 11) is 3.14. The number of hydrogen-bond donors (Lipinski definition) is 2. The Morgan fingerprint density at radius 1 is 1.04 bits per heavy atom. The Balaban J connectivity index is 2.14. The van der Waals surface area contributed by atoms with Gasteiger partial charge >= 0.3 is 6.03 Å². The molecule has 1 unspecified atom stereocenters. The first-order valence-electron chi connectivity index (χ1n) is 7.97. The van der Waals surface area contributed by atoms with Crippen molar-refractivity contribution < 1.29 is 14.3 Å². The van der Waals surface area contributed by atoms with Gasteiger partial charge in [-0.2, -0.15) is 0 Å². The second-order valence-corrected chi connectivity index (χ2v) is 5.58. The topological polar surface area (TPSA) is 59.6 Å². The third-order valence-corrected chi connectivity index (χ3v) is 3.96. The number of carbonyl (C=O) groups excluding carboxylic acids is 1. The fourth-order valence-corrected chi connectivity index (χ4v) is 2.42. The van der Waals surface area contributed by atoms with Gasteiger partial charge < -0.3 is 20.1 Å². The van der Waals surface area contributed by atoms with E-state index in [-0.39, 0.29) is 6.03 Å². The zero-order valence-corrected chi connectivity index (χ0v) is 14.6. The fraction of sp³-hybridized carbons (Fsp3) is 0.316.